The molecule has 1 nitrogen and oxygen atoms in total. The summed E-state index contributed by atoms with van der Waals surface area (Å²) in [6.45, 7) is 4.32. The summed E-state index contributed by atoms with van der Waals surface area (Å²) in [5, 5.41) is 0.531. The minimum Gasteiger partial charge on any atom is -0.236 e. The topological polar surface area (TPSA) is 12.4 Å². The van der Waals surface area contributed by atoms with Crippen molar-refractivity contribution in [2.75, 3.05) is 0 Å². The molecule has 0 aromatic heterocycles. The Bertz CT molecular complexity index is 544. The van der Waals surface area contributed by atoms with Gasteiger partial charge in [-0.3, -0.25) is 0 Å². The van der Waals surface area contributed by atoms with Crippen LogP contribution in [0, 0.1) is 0 Å². The summed E-state index contributed by atoms with van der Waals surface area (Å²) >= 11 is 6.27. The highest BCUT2D eigenvalue weighted by Gasteiger charge is 2.06. The van der Waals surface area contributed by atoms with Crippen molar-refractivity contribution in [1.82, 2.24) is 0 Å². The van der Waals surface area contributed by atoms with Crippen LogP contribution in [-0.4, -0.2) is 5.17 Å². The smallest absolute Gasteiger partial charge is 0.136 e. The Morgan fingerprint density at radius 2 is 1.56 bits per heavy atom. The molecule has 0 aliphatic carbocycles. The normalized spacial score (nSPS) is 11.9. The molecule has 0 atom stereocenters. The first kappa shape index (κ1) is 12.8. The maximum absolute atomic E-state index is 6.27. The average Bonchev–Trinajstić information content (AvgIpc) is 2.40. The molecule has 0 aliphatic rings. The molecule has 92 valence electrons. The second-order valence-electron chi connectivity index (χ2n) is 4.48. The number of hydrogen-bond acceptors (Lipinski definition) is 1. The van der Waals surface area contributed by atoms with E-state index in [1.54, 1.807) is 0 Å². The number of nitrogens with zero attached hydrogens (tertiary/aromatic N) is 1. The van der Waals surface area contributed by atoms with Crippen LogP contribution < -0.4 is 0 Å². The summed E-state index contributed by atoms with van der Waals surface area (Å²) in [4.78, 5) is 4.53. The van der Waals surface area contributed by atoms with Gasteiger partial charge in [0.15, 0.2) is 0 Å². The van der Waals surface area contributed by atoms with Gasteiger partial charge >= 0.3 is 0 Å². The zero-order valence-electron chi connectivity index (χ0n) is 10.6. The fourth-order valence-electron chi connectivity index (χ4n) is 1.82. The summed E-state index contributed by atoms with van der Waals surface area (Å²) < 4.78 is 0. The highest BCUT2D eigenvalue weighted by Crippen LogP contribution is 2.27. The van der Waals surface area contributed by atoms with Gasteiger partial charge in [-0.2, -0.15) is 0 Å². The van der Waals surface area contributed by atoms with Crippen molar-refractivity contribution in [3.63, 3.8) is 0 Å². The van der Waals surface area contributed by atoms with Crippen LogP contribution in [0.15, 0.2) is 59.6 Å². The standard InChI is InChI=1S/C16H16ClN/c1-12(2)14-10-6-7-11-15(14)18-16(17)13-8-4-3-5-9-13/h3-12H,1-2H3. The van der Waals surface area contributed by atoms with Crippen molar-refractivity contribution in [2.24, 2.45) is 4.99 Å². The molecule has 0 amide bonds. The van der Waals surface area contributed by atoms with E-state index in [0.29, 0.717) is 11.1 Å². The summed E-state index contributed by atoms with van der Waals surface area (Å²) in [5.41, 5.74) is 3.10. The van der Waals surface area contributed by atoms with Crippen LogP contribution in [0.3, 0.4) is 0 Å². The van der Waals surface area contributed by atoms with E-state index >= 15 is 0 Å². The van der Waals surface area contributed by atoms with Crippen LogP contribution in [-0.2, 0) is 0 Å². The maximum atomic E-state index is 6.27. The Kier molecular flexibility index (Phi) is 4.16. The van der Waals surface area contributed by atoms with Crippen molar-refractivity contribution >= 4 is 22.5 Å². The summed E-state index contributed by atoms with van der Waals surface area (Å²) in [5.74, 6) is 0.435. The molecule has 0 saturated heterocycles. The highest BCUT2D eigenvalue weighted by molar-refractivity contribution is 6.69. The lowest BCUT2D eigenvalue weighted by Gasteiger charge is -2.09. The Balaban J connectivity index is 2.39. The first-order valence-corrected chi connectivity index (χ1v) is 6.45. The van der Waals surface area contributed by atoms with Gasteiger partial charge in [-0.05, 0) is 17.5 Å². The molecule has 0 saturated carbocycles. The molecule has 0 aliphatic heterocycles. The molecule has 0 unspecified atom stereocenters. The van der Waals surface area contributed by atoms with Gasteiger partial charge < -0.3 is 0 Å². The van der Waals surface area contributed by atoms with Crippen LogP contribution in [0.5, 0.6) is 0 Å². The molecular formula is C16H16ClN. The monoisotopic (exact) mass is 257 g/mol. The molecule has 2 aromatic rings. The molecule has 0 fully saturated rings. The third kappa shape index (κ3) is 2.99. The van der Waals surface area contributed by atoms with Crippen molar-refractivity contribution in [3.8, 4) is 0 Å². The number of aliphatic imine (C=N–C) groups is 1. The van der Waals surface area contributed by atoms with Crippen LogP contribution in [0.25, 0.3) is 0 Å². The van der Waals surface area contributed by atoms with E-state index in [1.807, 2.05) is 48.5 Å². The number of benzene rings is 2. The third-order valence-corrected chi connectivity index (χ3v) is 3.09. The number of halogens is 1. The second kappa shape index (κ2) is 5.83. The zero-order chi connectivity index (χ0) is 13.0. The lowest BCUT2D eigenvalue weighted by Crippen LogP contribution is -1.92. The molecular weight excluding hydrogens is 242 g/mol. The molecule has 0 spiro atoms. The lowest BCUT2D eigenvalue weighted by molar-refractivity contribution is 0.867. The zero-order valence-corrected chi connectivity index (χ0v) is 11.4. The number of para-hydroxylation sites is 1. The van der Waals surface area contributed by atoms with Gasteiger partial charge in [0.2, 0.25) is 0 Å². The maximum Gasteiger partial charge on any atom is 0.136 e. The van der Waals surface area contributed by atoms with Crippen molar-refractivity contribution < 1.29 is 0 Å². The fourth-order valence-corrected chi connectivity index (χ4v) is 2.04. The second-order valence-corrected chi connectivity index (χ2v) is 4.84. The van der Waals surface area contributed by atoms with Gasteiger partial charge in [0.1, 0.15) is 5.17 Å². The van der Waals surface area contributed by atoms with Crippen LogP contribution in [0.4, 0.5) is 5.69 Å². The van der Waals surface area contributed by atoms with Crippen molar-refractivity contribution in [3.05, 3.63) is 65.7 Å². The van der Waals surface area contributed by atoms with E-state index in [0.717, 1.165) is 11.3 Å². The van der Waals surface area contributed by atoms with Crippen molar-refractivity contribution in [1.29, 1.82) is 0 Å². The first-order chi connectivity index (χ1) is 8.68. The Morgan fingerprint density at radius 3 is 2.22 bits per heavy atom. The third-order valence-electron chi connectivity index (χ3n) is 2.79. The fraction of sp³-hybridized carbons (Fsp3) is 0.188. The Morgan fingerprint density at radius 1 is 0.944 bits per heavy atom. The quantitative estimate of drug-likeness (QED) is 0.676. The largest absolute Gasteiger partial charge is 0.236 e. The summed E-state index contributed by atoms with van der Waals surface area (Å²) in [6, 6.07) is 17.9. The first-order valence-electron chi connectivity index (χ1n) is 6.07. The van der Waals surface area contributed by atoms with Gasteiger partial charge in [-0.25, -0.2) is 4.99 Å². The van der Waals surface area contributed by atoms with Crippen molar-refractivity contribution in [2.45, 2.75) is 19.8 Å². The molecule has 2 heteroatoms. The highest BCUT2D eigenvalue weighted by atomic mass is 35.5. The Labute approximate surface area is 113 Å². The molecule has 2 aromatic carbocycles. The lowest BCUT2D eigenvalue weighted by atomic mass is 10.0. The molecule has 0 heterocycles. The van der Waals surface area contributed by atoms with E-state index in [9.17, 15) is 0 Å². The van der Waals surface area contributed by atoms with E-state index in [1.165, 1.54) is 5.56 Å². The van der Waals surface area contributed by atoms with Gasteiger partial charge in [0.25, 0.3) is 0 Å². The molecule has 2 rings (SSSR count). The van der Waals surface area contributed by atoms with E-state index in [2.05, 4.69) is 24.9 Å². The summed E-state index contributed by atoms with van der Waals surface area (Å²) in [7, 11) is 0. The van der Waals surface area contributed by atoms with E-state index < -0.39 is 0 Å². The van der Waals surface area contributed by atoms with Crippen LogP contribution >= 0.6 is 11.6 Å². The molecule has 18 heavy (non-hydrogen) atoms. The Hall–Kier alpha value is -1.60. The van der Waals surface area contributed by atoms with E-state index in [-0.39, 0.29) is 0 Å². The SMILES string of the molecule is CC(C)c1ccccc1N=C(Cl)c1ccccc1. The number of hydrogen-bond donors (Lipinski definition) is 0. The minimum atomic E-state index is 0.435. The number of rotatable bonds is 3. The predicted molar refractivity (Wildman–Crippen MR) is 79.0 cm³/mol. The van der Waals surface area contributed by atoms with Gasteiger partial charge in [-0.1, -0.05) is 74.0 Å². The molecule has 0 radical (unpaired) electrons. The molecule has 0 bridgehead atoms. The minimum absolute atomic E-state index is 0.435. The van der Waals surface area contributed by atoms with Gasteiger partial charge in [0, 0.05) is 5.56 Å². The van der Waals surface area contributed by atoms with Gasteiger partial charge in [-0.15, -0.1) is 0 Å². The summed E-state index contributed by atoms with van der Waals surface area (Å²) in [6.07, 6.45) is 0. The predicted octanol–water partition coefficient (Wildman–Crippen LogP) is 5.13. The molecule has 0 N–H and O–H groups in total. The van der Waals surface area contributed by atoms with Crippen LogP contribution in [0.1, 0.15) is 30.9 Å². The average molecular weight is 258 g/mol. The van der Waals surface area contributed by atoms with E-state index in [4.69, 9.17) is 11.6 Å². The van der Waals surface area contributed by atoms with Gasteiger partial charge in [0.05, 0.1) is 5.69 Å². The van der Waals surface area contributed by atoms with Crippen LogP contribution in [0.2, 0.25) is 0 Å².